The van der Waals surface area contributed by atoms with E-state index in [4.69, 9.17) is 5.11 Å². The molecule has 3 heteroatoms. The lowest BCUT2D eigenvalue weighted by molar-refractivity contribution is -0.125. The van der Waals surface area contributed by atoms with Crippen LogP contribution in [0.4, 0.5) is 0 Å². The average molecular weight is 259 g/mol. The van der Waals surface area contributed by atoms with Gasteiger partial charge >= 0.3 is 0 Å². The van der Waals surface area contributed by atoms with E-state index < -0.39 is 0 Å². The maximum atomic E-state index is 12.2. The first-order chi connectivity index (χ1) is 9.31. The normalized spacial score (nSPS) is 16.5. The van der Waals surface area contributed by atoms with Crippen LogP contribution in [0.3, 0.4) is 0 Å². The molecule has 1 aliphatic carbocycles. The van der Waals surface area contributed by atoms with Crippen LogP contribution in [0.2, 0.25) is 0 Å². The minimum absolute atomic E-state index is 0.00134. The lowest BCUT2D eigenvalue weighted by Gasteiger charge is -2.21. The Bertz CT molecular complexity index is 420. The molecule has 1 atom stereocenters. The second kappa shape index (κ2) is 7.10. The van der Waals surface area contributed by atoms with E-state index in [1.54, 1.807) is 0 Å². The highest BCUT2D eigenvalue weighted by atomic mass is 16.3. The van der Waals surface area contributed by atoms with Crippen molar-refractivity contribution in [3.8, 4) is 0 Å². The monoisotopic (exact) mass is 259 g/mol. The van der Waals surface area contributed by atoms with Gasteiger partial charge in [-0.25, -0.2) is 0 Å². The third-order valence-corrected chi connectivity index (χ3v) is 3.55. The van der Waals surface area contributed by atoms with Gasteiger partial charge in [0.15, 0.2) is 0 Å². The van der Waals surface area contributed by atoms with Crippen LogP contribution in [-0.4, -0.2) is 17.6 Å². The van der Waals surface area contributed by atoms with Gasteiger partial charge in [0, 0.05) is 12.5 Å². The second-order valence-corrected chi connectivity index (χ2v) is 4.98. The van der Waals surface area contributed by atoms with Crippen molar-refractivity contribution in [1.29, 1.82) is 0 Å². The van der Waals surface area contributed by atoms with E-state index in [9.17, 15) is 4.79 Å². The molecule has 2 N–H and O–H groups in total. The topological polar surface area (TPSA) is 49.3 Å². The van der Waals surface area contributed by atoms with E-state index in [-0.39, 0.29) is 24.5 Å². The minimum atomic E-state index is 0.00134. The van der Waals surface area contributed by atoms with Crippen LogP contribution in [-0.2, 0) is 4.79 Å². The third-order valence-electron chi connectivity index (χ3n) is 3.55. The van der Waals surface area contributed by atoms with Gasteiger partial charge in [0.1, 0.15) is 0 Å². The summed E-state index contributed by atoms with van der Waals surface area (Å²) in [4.78, 5) is 12.2. The van der Waals surface area contributed by atoms with E-state index >= 15 is 0 Å². The lowest BCUT2D eigenvalue weighted by Crippen LogP contribution is -2.33. The number of carbonyl (C=O) groups is 1. The number of aliphatic hydroxyl groups is 1. The van der Waals surface area contributed by atoms with Crippen molar-refractivity contribution in [1.82, 2.24) is 5.32 Å². The van der Waals surface area contributed by atoms with Gasteiger partial charge in [0.2, 0.25) is 5.91 Å². The fraction of sp³-hybridized carbons (Fsp3) is 0.438. The molecule has 3 nitrogen and oxygen atoms in total. The molecule has 1 aromatic rings. The van der Waals surface area contributed by atoms with Crippen LogP contribution >= 0.6 is 0 Å². The number of carbonyl (C=O) groups excluding carboxylic acids is 1. The predicted molar refractivity (Wildman–Crippen MR) is 75.5 cm³/mol. The molecular formula is C16H21NO2. The molecule has 1 aromatic carbocycles. The van der Waals surface area contributed by atoms with E-state index in [0.29, 0.717) is 6.42 Å². The smallest absolute Gasteiger partial charge is 0.224 e. The van der Waals surface area contributed by atoms with Gasteiger partial charge in [-0.05, 0) is 31.2 Å². The van der Waals surface area contributed by atoms with Gasteiger partial charge in [0.05, 0.1) is 6.04 Å². The maximum Gasteiger partial charge on any atom is 0.224 e. The van der Waals surface area contributed by atoms with Crippen molar-refractivity contribution in [2.24, 2.45) is 5.92 Å². The van der Waals surface area contributed by atoms with Crippen molar-refractivity contribution < 1.29 is 9.90 Å². The summed E-state index contributed by atoms with van der Waals surface area (Å²) in [7, 11) is 0. The Morgan fingerprint density at radius 3 is 2.58 bits per heavy atom. The van der Waals surface area contributed by atoms with Gasteiger partial charge in [-0.1, -0.05) is 42.5 Å². The molecule has 0 bridgehead atoms. The SMILES string of the molecule is O=C(NC(CCCO)c1ccccc1)C1CC=CC1. The first-order valence-electron chi connectivity index (χ1n) is 6.92. The van der Waals surface area contributed by atoms with Crippen molar-refractivity contribution >= 4 is 5.91 Å². The molecule has 0 radical (unpaired) electrons. The second-order valence-electron chi connectivity index (χ2n) is 4.98. The molecule has 0 fully saturated rings. The van der Waals surface area contributed by atoms with Crippen molar-refractivity contribution in [2.45, 2.75) is 31.7 Å². The fourth-order valence-corrected chi connectivity index (χ4v) is 2.42. The number of hydrogen-bond donors (Lipinski definition) is 2. The Labute approximate surface area is 114 Å². The molecule has 1 amide bonds. The number of amides is 1. The van der Waals surface area contributed by atoms with Crippen molar-refractivity contribution in [3.05, 3.63) is 48.0 Å². The van der Waals surface area contributed by atoms with E-state index in [1.807, 2.05) is 30.3 Å². The molecule has 0 spiro atoms. The molecule has 2 rings (SSSR count). The first kappa shape index (κ1) is 13.8. The fourth-order valence-electron chi connectivity index (χ4n) is 2.42. The number of rotatable bonds is 6. The molecule has 19 heavy (non-hydrogen) atoms. The van der Waals surface area contributed by atoms with Crippen LogP contribution in [0.25, 0.3) is 0 Å². The van der Waals surface area contributed by atoms with Crippen LogP contribution in [0, 0.1) is 5.92 Å². The maximum absolute atomic E-state index is 12.2. The van der Waals surface area contributed by atoms with E-state index in [2.05, 4.69) is 17.5 Å². The summed E-state index contributed by atoms with van der Waals surface area (Å²) in [6.45, 7) is 0.157. The minimum Gasteiger partial charge on any atom is -0.396 e. The zero-order valence-electron chi connectivity index (χ0n) is 11.1. The summed E-state index contributed by atoms with van der Waals surface area (Å²) in [5.41, 5.74) is 1.11. The molecule has 0 aliphatic heterocycles. The van der Waals surface area contributed by atoms with Crippen LogP contribution in [0.1, 0.15) is 37.3 Å². The first-order valence-corrected chi connectivity index (χ1v) is 6.92. The summed E-state index contributed by atoms with van der Waals surface area (Å²) < 4.78 is 0. The molecule has 1 unspecified atom stereocenters. The zero-order valence-corrected chi connectivity index (χ0v) is 11.1. The van der Waals surface area contributed by atoms with Gasteiger partial charge in [0.25, 0.3) is 0 Å². The Kier molecular flexibility index (Phi) is 5.16. The Morgan fingerprint density at radius 2 is 1.95 bits per heavy atom. The average Bonchev–Trinajstić information content (AvgIpc) is 2.98. The summed E-state index contributed by atoms with van der Waals surface area (Å²) in [6.07, 6.45) is 7.28. The highest BCUT2D eigenvalue weighted by molar-refractivity contribution is 5.79. The third kappa shape index (κ3) is 3.93. The molecule has 102 valence electrons. The van der Waals surface area contributed by atoms with Gasteiger partial charge in [-0.2, -0.15) is 0 Å². The summed E-state index contributed by atoms with van der Waals surface area (Å²) in [5.74, 6) is 0.206. The highest BCUT2D eigenvalue weighted by Gasteiger charge is 2.22. The van der Waals surface area contributed by atoms with E-state index in [0.717, 1.165) is 24.8 Å². The lowest BCUT2D eigenvalue weighted by atomic mass is 10.00. The zero-order chi connectivity index (χ0) is 13.5. The molecule has 0 heterocycles. The summed E-state index contributed by atoms with van der Waals surface area (Å²) >= 11 is 0. The van der Waals surface area contributed by atoms with E-state index in [1.165, 1.54) is 0 Å². The van der Waals surface area contributed by atoms with Crippen LogP contribution in [0.15, 0.2) is 42.5 Å². The van der Waals surface area contributed by atoms with Crippen LogP contribution in [0.5, 0.6) is 0 Å². The van der Waals surface area contributed by atoms with Crippen LogP contribution < -0.4 is 5.32 Å². The Balaban J connectivity index is 1.99. The predicted octanol–water partition coefficient (Wildman–Crippen LogP) is 2.58. The van der Waals surface area contributed by atoms with Gasteiger partial charge in [-0.15, -0.1) is 0 Å². The standard InChI is InChI=1S/C16H21NO2/c18-12-6-11-15(13-7-2-1-3-8-13)17-16(19)14-9-4-5-10-14/h1-5,7-8,14-15,18H,6,9-12H2,(H,17,19). The Morgan fingerprint density at radius 1 is 1.26 bits per heavy atom. The Hall–Kier alpha value is -1.61. The number of hydrogen-bond acceptors (Lipinski definition) is 2. The molecule has 1 aliphatic rings. The number of allylic oxidation sites excluding steroid dienone is 2. The molecule has 0 saturated carbocycles. The number of benzene rings is 1. The summed E-state index contributed by atoms with van der Waals surface area (Å²) in [5, 5.41) is 12.1. The van der Waals surface area contributed by atoms with Crippen molar-refractivity contribution in [3.63, 3.8) is 0 Å². The van der Waals surface area contributed by atoms with Gasteiger partial charge < -0.3 is 10.4 Å². The largest absolute Gasteiger partial charge is 0.396 e. The molecule has 0 aromatic heterocycles. The molecular weight excluding hydrogens is 238 g/mol. The number of aliphatic hydroxyl groups excluding tert-OH is 1. The van der Waals surface area contributed by atoms with Gasteiger partial charge in [-0.3, -0.25) is 4.79 Å². The number of nitrogens with one attached hydrogen (secondary N) is 1. The highest BCUT2D eigenvalue weighted by Crippen LogP contribution is 2.22. The quantitative estimate of drug-likeness (QED) is 0.771. The molecule has 0 saturated heterocycles. The van der Waals surface area contributed by atoms with Crippen molar-refractivity contribution in [2.75, 3.05) is 6.61 Å². The summed E-state index contributed by atoms with van der Waals surface area (Å²) in [6, 6.07) is 9.97.